The molecule has 0 spiro atoms. The molecule has 5 nitrogen and oxygen atoms in total. The van der Waals surface area contributed by atoms with Crippen LogP contribution in [0, 0.1) is 6.92 Å². The zero-order chi connectivity index (χ0) is 14.8. The molecule has 0 saturated heterocycles. The Morgan fingerprint density at radius 3 is 2.45 bits per heavy atom. The van der Waals surface area contributed by atoms with Crippen molar-refractivity contribution in [2.45, 2.75) is 11.8 Å². The van der Waals surface area contributed by atoms with Crippen molar-refractivity contribution in [3.8, 4) is 11.5 Å². The Balaban J connectivity index is 2.34. The van der Waals surface area contributed by atoms with Crippen LogP contribution in [0.3, 0.4) is 0 Å². The topological polar surface area (TPSA) is 75.6 Å². The van der Waals surface area contributed by atoms with Crippen LogP contribution >= 0.6 is 0 Å². The molecule has 6 heteroatoms. The Kier molecular flexibility index (Phi) is 3.85. The first-order valence-corrected chi connectivity index (χ1v) is 7.38. The molecule has 0 aliphatic heterocycles. The number of nitrogens with one attached hydrogen (secondary N) is 1. The van der Waals surface area contributed by atoms with E-state index >= 15 is 0 Å². The Labute approximate surface area is 117 Å². The van der Waals surface area contributed by atoms with Crippen molar-refractivity contribution >= 4 is 15.7 Å². The van der Waals surface area contributed by atoms with Crippen molar-refractivity contribution in [1.82, 2.24) is 0 Å². The molecule has 0 unspecified atom stereocenters. The van der Waals surface area contributed by atoms with Crippen LogP contribution < -0.4 is 9.46 Å². The van der Waals surface area contributed by atoms with Crippen molar-refractivity contribution in [2.24, 2.45) is 0 Å². The molecule has 2 aromatic carbocycles. The minimum Gasteiger partial charge on any atom is -0.507 e. The molecule has 20 heavy (non-hydrogen) atoms. The number of hydrogen-bond donors (Lipinski definition) is 2. The normalized spacial score (nSPS) is 11.1. The van der Waals surface area contributed by atoms with E-state index in [9.17, 15) is 13.5 Å². The van der Waals surface area contributed by atoms with Gasteiger partial charge in [-0.1, -0.05) is 12.1 Å². The van der Waals surface area contributed by atoms with E-state index in [2.05, 4.69) is 4.72 Å². The summed E-state index contributed by atoms with van der Waals surface area (Å²) in [5.41, 5.74) is 1.22. The van der Waals surface area contributed by atoms with Gasteiger partial charge in [-0.15, -0.1) is 0 Å². The number of aromatic hydroxyl groups is 1. The summed E-state index contributed by atoms with van der Waals surface area (Å²) in [6.07, 6.45) is 0. The zero-order valence-electron chi connectivity index (χ0n) is 11.1. The highest BCUT2D eigenvalue weighted by molar-refractivity contribution is 7.92. The van der Waals surface area contributed by atoms with Crippen LogP contribution in [0.15, 0.2) is 47.4 Å². The third-order valence-electron chi connectivity index (χ3n) is 2.80. The maximum atomic E-state index is 12.2. The van der Waals surface area contributed by atoms with Gasteiger partial charge in [-0.2, -0.15) is 0 Å². The van der Waals surface area contributed by atoms with Crippen LogP contribution in [0.5, 0.6) is 11.5 Å². The maximum absolute atomic E-state index is 12.2. The van der Waals surface area contributed by atoms with Crippen molar-refractivity contribution in [1.29, 1.82) is 0 Å². The smallest absolute Gasteiger partial charge is 0.265 e. The van der Waals surface area contributed by atoms with Gasteiger partial charge in [0.2, 0.25) is 0 Å². The predicted molar refractivity (Wildman–Crippen MR) is 76.6 cm³/mol. The van der Waals surface area contributed by atoms with E-state index in [4.69, 9.17) is 4.74 Å². The summed E-state index contributed by atoms with van der Waals surface area (Å²) in [5, 5.41) is 9.62. The number of anilines is 1. The summed E-state index contributed by atoms with van der Waals surface area (Å²) < 4.78 is 31.9. The van der Waals surface area contributed by atoms with E-state index in [-0.39, 0.29) is 10.6 Å². The number of para-hydroxylation sites is 1. The van der Waals surface area contributed by atoms with Crippen LogP contribution in [0.25, 0.3) is 0 Å². The van der Waals surface area contributed by atoms with Gasteiger partial charge in [0.1, 0.15) is 16.4 Å². The summed E-state index contributed by atoms with van der Waals surface area (Å²) in [6, 6.07) is 10.7. The average Bonchev–Trinajstić information content (AvgIpc) is 2.38. The van der Waals surface area contributed by atoms with Crippen LogP contribution in [0.2, 0.25) is 0 Å². The molecule has 0 radical (unpaired) electrons. The summed E-state index contributed by atoms with van der Waals surface area (Å²) in [5.74, 6) is 0.390. The fraction of sp³-hybridized carbons (Fsp3) is 0.143. The van der Waals surface area contributed by atoms with Gasteiger partial charge in [-0.3, -0.25) is 4.72 Å². The molecule has 0 amide bonds. The van der Waals surface area contributed by atoms with Gasteiger partial charge in [0.05, 0.1) is 7.11 Å². The van der Waals surface area contributed by atoms with Gasteiger partial charge in [0.25, 0.3) is 10.0 Å². The van der Waals surface area contributed by atoms with Crippen molar-refractivity contribution in [3.05, 3.63) is 48.0 Å². The third kappa shape index (κ3) is 2.85. The zero-order valence-corrected chi connectivity index (χ0v) is 11.9. The van der Waals surface area contributed by atoms with Gasteiger partial charge >= 0.3 is 0 Å². The lowest BCUT2D eigenvalue weighted by atomic mass is 10.2. The number of phenolic OH excluding ortho intramolecular Hbond substituents is 1. The van der Waals surface area contributed by atoms with Crippen molar-refractivity contribution in [2.75, 3.05) is 11.8 Å². The summed E-state index contributed by atoms with van der Waals surface area (Å²) in [6.45, 7) is 1.82. The molecule has 0 fully saturated rings. The molecule has 2 N–H and O–H groups in total. The van der Waals surface area contributed by atoms with E-state index < -0.39 is 10.0 Å². The van der Waals surface area contributed by atoms with E-state index in [1.54, 1.807) is 37.4 Å². The third-order valence-corrected chi connectivity index (χ3v) is 4.23. The minimum atomic E-state index is -3.82. The van der Waals surface area contributed by atoms with E-state index in [1.807, 2.05) is 6.92 Å². The molecule has 0 heterocycles. The largest absolute Gasteiger partial charge is 0.507 e. The maximum Gasteiger partial charge on any atom is 0.265 e. The molecular formula is C14H15NO4S. The second-order valence-electron chi connectivity index (χ2n) is 4.26. The van der Waals surface area contributed by atoms with Gasteiger partial charge in [0, 0.05) is 5.69 Å². The fourth-order valence-corrected chi connectivity index (χ4v) is 2.98. The first-order chi connectivity index (χ1) is 9.44. The minimum absolute atomic E-state index is 0.159. The molecule has 0 aliphatic rings. The van der Waals surface area contributed by atoms with E-state index in [0.29, 0.717) is 11.4 Å². The number of benzene rings is 2. The van der Waals surface area contributed by atoms with Gasteiger partial charge in [0.15, 0.2) is 0 Å². The van der Waals surface area contributed by atoms with Crippen LogP contribution in [-0.2, 0) is 10.0 Å². The fourth-order valence-electron chi connectivity index (χ4n) is 1.84. The van der Waals surface area contributed by atoms with Gasteiger partial charge in [-0.05, 0) is 42.8 Å². The second-order valence-corrected chi connectivity index (χ2v) is 5.91. The first-order valence-electron chi connectivity index (χ1n) is 5.89. The molecule has 106 valence electrons. The molecule has 0 atom stereocenters. The molecule has 0 aromatic heterocycles. The lowest BCUT2D eigenvalue weighted by molar-refractivity contribution is 0.412. The van der Waals surface area contributed by atoms with Crippen molar-refractivity contribution in [3.63, 3.8) is 0 Å². The summed E-state index contributed by atoms with van der Waals surface area (Å²) in [4.78, 5) is -0.159. The van der Waals surface area contributed by atoms with E-state index in [0.717, 1.165) is 5.56 Å². The molecule has 2 rings (SSSR count). The number of ether oxygens (including phenoxy) is 1. The Morgan fingerprint density at radius 1 is 1.15 bits per heavy atom. The van der Waals surface area contributed by atoms with Crippen LogP contribution in [-0.4, -0.2) is 20.6 Å². The number of rotatable bonds is 4. The van der Waals surface area contributed by atoms with Gasteiger partial charge in [-0.25, -0.2) is 8.42 Å². The Bertz CT molecular complexity index is 726. The van der Waals surface area contributed by atoms with Crippen LogP contribution in [0.1, 0.15) is 5.56 Å². The van der Waals surface area contributed by atoms with E-state index in [1.165, 1.54) is 12.1 Å². The van der Waals surface area contributed by atoms with Gasteiger partial charge < -0.3 is 9.84 Å². The molecule has 0 saturated carbocycles. The highest BCUT2D eigenvalue weighted by atomic mass is 32.2. The van der Waals surface area contributed by atoms with Crippen LogP contribution in [0.4, 0.5) is 5.69 Å². The highest BCUT2D eigenvalue weighted by Crippen LogP contribution is 2.26. The number of sulfonamides is 1. The lowest BCUT2D eigenvalue weighted by Crippen LogP contribution is -2.13. The highest BCUT2D eigenvalue weighted by Gasteiger charge is 2.18. The number of methoxy groups -OCH3 is 1. The second kappa shape index (κ2) is 5.42. The quantitative estimate of drug-likeness (QED) is 0.908. The number of aryl methyl sites for hydroxylation is 1. The lowest BCUT2D eigenvalue weighted by Gasteiger charge is -2.11. The van der Waals surface area contributed by atoms with Crippen molar-refractivity contribution < 1.29 is 18.3 Å². The molecular weight excluding hydrogens is 278 g/mol. The SMILES string of the molecule is COc1ccc(NS(=O)(=O)c2ccccc2O)cc1C. The Morgan fingerprint density at radius 2 is 1.85 bits per heavy atom. The predicted octanol–water partition coefficient (Wildman–Crippen LogP) is 2.51. The molecule has 0 bridgehead atoms. The average molecular weight is 293 g/mol. The summed E-state index contributed by atoms with van der Waals surface area (Å²) >= 11 is 0. The monoisotopic (exact) mass is 293 g/mol. The summed E-state index contributed by atoms with van der Waals surface area (Å²) in [7, 11) is -2.27. The first kappa shape index (κ1) is 14.2. The number of phenols is 1. The number of hydrogen-bond acceptors (Lipinski definition) is 4. The Hall–Kier alpha value is -2.21. The molecule has 0 aliphatic carbocycles. The standard InChI is InChI=1S/C14H15NO4S/c1-10-9-11(7-8-13(10)19-2)15-20(17,18)14-6-4-3-5-12(14)16/h3-9,15-16H,1-2H3. The molecule has 2 aromatic rings.